The van der Waals surface area contributed by atoms with E-state index in [4.69, 9.17) is 0 Å². The number of thiophene rings is 1. The standard InChI is InChI=1S/C17H16N4O4S2/c22-21(23)16-4-3-15(13-5-6-18-12-14(13)16)19-7-9-20(10-8-19)27(24,25)17-2-1-11-26-17/h1-6,11-12H,7-10H2. The van der Waals surface area contributed by atoms with Crippen molar-refractivity contribution in [1.82, 2.24) is 9.29 Å². The number of aromatic nitrogens is 1. The average molecular weight is 404 g/mol. The molecule has 1 aromatic carbocycles. The van der Waals surface area contributed by atoms with Gasteiger partial charge in [-0.1, -0.05) is 6.07 Å². The SMILES string of the molecule is O=[N+]([O-])c1ccc(N2CCN(S(=O)(=O)c3cccs3)CC2)c2ccncc12. The van der Waals surface area contributed by atoms with Crippen molar-refractivity contribution < 1.29 is 13.3 Å². The van der Waals surface area contributed by atoms with Crippen LogP contribution in [-0.2, 0) is 10.0 Å². The minimum Gasteiger partial charge on any atom is -0.368 e. The first-order valence-corrected chi connectivity index (χ1v) is 10.6. The third-order valence-electron chi connectivity index (χ3n) is 4.64. The molecule has 8 nitrogen and oxygen atoms in total. The van der Waals surface area contributed by atoms with Crippen molar-refractivity contribution in [1.29, 1.82) is 0 Å². The van der Waals surface area contributed by atoms with Crippen LogP contribution in [0.25, 0.3) is 10.8 Å². The summed E-state index contributed by atoms with van der Waals surface area (Å²) in [4.78, 5) is 16.9. The van der Waals surface area contributed by atoms with Gasteiger partial charge in [0.25, 0.3) is 15.7 Å². The van der Waals surface area contributed by atoms with Crippen molar-refractivity contribution in [3.8, 4) is 0 Å². The zero-order valence-corrected chi connectivity index (χ0v) is 15.8. The second-order valence-corrected chi connectivity index (χ2v) is 9.22. The van der Waals surface area contributed by atoms with Crippen molar-refractivity contribution in [3.05, 3.63) is 58.2 Å². The van der Waals surface area contributed by atoms with Gasteiger partial charge in [0.2, 0.25) is 0 Å². The Labute approximate surface area is 159 Å². The summed E-state index contributed by atoms with van der Waals surface area (Å²) < 4.78 is 27.2. The Morgan fingerprint density at radius 3 is 2.52 bits per heavy atom. The van der Waals surface area contributed by atoms with E-state index in [2.05, 4.69) is 9.88 Å². The number of fused-ring (bicyclic) bond motifs is 1. The van der Waals surface area contributed by atoms with Crippen LogP contribution in [0.4, 0.5) is 11.4 Å². The summed E-state index contributed by atoms with van der Waals surface area (Å²) in [5.41, 5.74) is 0.868. The Balaban J connectivity index is 1.61. The summed E-state index contributed by atoms with van der Waals surface area (Å²) in [6.45, 7) is 1.76. The zero-order chi connectivity index (χ0) is 19.0. The smallest absolute Gasteiger partial charge is 0.278 e. The van der Waals surface area contributed by atoms with Crippen LogP contribution in [0.3, 0.4) is 0 Å². The summed E-state index contributed by atoms with van der Waals surface area (Å²) in [6, 6.07) is 8.30. The molecule has 2 aromatic heterocycles. The molecule has 0 radical (unpaired) electrons. The summed E-state index contributed by atoms with van der Waals surface area (Å²) in [7, 11) is -3.46. The normalized spacial score (nSPS) is 15.9. The molecule has 27 heavy (non-hydrogen) atoms. The van der Waals surface area contributed by atoms with Gasteiger partial charge in [-0.2, -0.15) is 4.31 Å². The molecule has 0 spiro atoms. The van der Waals surface area contributed by atoms with Gasteiger partial charge in [-0.25, -0.2) is 8.42 Å². The van der Waals surface area contributed by atoms with E-state index in [0.717, 1.165) is 11.1 Å². The van der Waals surface area contributed by atoms with E-state index in [9.17, 15) is 18.5 Å². The second-order valence-electron chi connectivity index (χ2n) is 6.11. The summed E-state index contributed by atoms with van der Waals surface area (Å²) in [5.74, 6) is 0. The molecular weight excluding hydrogens is 388 g/mol. The number of pyridine rings is 1. The third kappa shape index (κ3) is 3.15. The molecule has 0 atom stereocenters. The van der Waals surface area contributed by atoms with Gasteiger partial charge in [0.1, 0.15) is 4.21 Å². The van der Waals surface area contributed by atoms with E-state index >= 15 is 0 Å². The van der Waals surface area contributed by atoms with Gasteiger partial charge in [-0.05, 0) is 23.6 Å². The molecule has 4 rings (SSSR count). The molecule has 0 unspecified atom stereocenters. The lowest BCUT2D eigenvalue weighted by Gasteiger charge is -2.35. The quantitative estimate of drug-likeness (QED) is 0.490. The number of nitro groups is 1. The molecule has 0 amide bonds. The fourth-order valence-corrected chi connectivity index (χ4v) is 5.87. The summed E-state index contributed by atoms with van der Waals surface area (Å²) in [5, 5.41) is 14.2. The average Bonchev–Trinajstić information content (AvgIpc) is 3.23. The Kier molecular flexibility index (Phi) is 4.54. The number of nitrogens with zero attached hydrogens (tertiary/aromatic N) is 4. The van der Waals surface area contributed by atoms with Crippen molar-refractivity contribution in [3.63, 3.8) is 0 Å². The maximum atomic E-state index is 12.7. The molecule has 0 aliphatic carbocycles. The molecule has 1 saturated heterocycles. The van der Waals surface area contributed by atoms with Gasteiger partial charge < -0.3 is 4.90 Å². The predicted octanol–water partition coefficient (Wildman–Crippen LogP) is 2.72. The Morgan fingerprint density at radius 1 is 1.07 bits per heavy atom. The van der Waals surface area contributed by atoms with Crippen LogP contribution in [0.5, 0.6) is 0 Å². The number of piperazine rings is 1. The number of anilines is 1. The number of non-ortho nitro benzene ring substituents is 1. The summed E-state index contributed by atoms with van der Waals surface area (Å²) in [6.07, 6.45) is 3.10. The highest BCUT2D eigenvalue weighted by Gasteiger charge is 2.30. The van der Waals surface area contributed by atoms with Crippen molar-refractivity contribution in [2.75, 3.05) is 31.1 Å². The van der Waals surface area contributed by atoms with E-state index in [-0.39, 0.29) is 5.69 Å². The minimum absolute atomic E-state index is 0.0146. The number of hydrogen-bond acceptors (Lipinski definition) is 7. The van der Waals surface area contributed by atoms with E-state index in [1.807, 2.05) is 0 Å². The largest absolute Gasteiger partial charge is 0.368 e. The first kappa shape index (κ1) is 17.8. The van der Waals surface area contributed by atoms with E-state index in [0.29, 0.717) is 35.8 Å². The van der Waals surface area contributed by atoms with Gasteiger partial charge in [0.15, 0.2) is 0 Å². The molecule has 3 aromatic rings. The van der Waals surface area contributed by atoms with Gasteiger partial charge in [-0.15, -0.1) is 11.3 Å². The number of benzene rings is 1. The maximum absolute atomic E-state index is 12.7. The number of hydrogen-bond donors (Lipinski definition) is 0. The molecule has 10 heteroatoms. The lowest BCUT2D eigenvalue weighted by molar-refractivity contribution is -0.383. The number of rotatable bonds is 4. The van der Waals surface area contributed by atoms with Gasteiger partial charge in [0, 0.05) is 55.7 Å². The van der Waals surface area contributed by atoms with Crippen molar-refractivity contribution in [2.45, 2.75) is 4.21 Å². The van der Waals surface area contributed by atoms with E-state index in [1.165, 1.54) is 27.9 Å². The monoisotopic (exact) mass is 404 g/mol. The van der Waals surface area contributed by atoms with Gasteiger partial charge in [0.05, 0.1) is 10.3 Å². The fraction of sp³-hybridized carbons (Fsp3) is 0.235. The highest BCUT2D eigenvalue weighted by atomic mass is 32.2. The highest BCUT2D eigenvalue weighted by Crippen LogP contribution is 2.34. The molecule has 0 saturated carbocycles. The van der Waals surface area contributed by atoms with E-state index in [1.54, 1.807) is 35.8 Å². The molecular formula is C17H16N4O4S2. The first-order chi connectivity index (χ1) is 13.0. The predicted molar refractivity (Wildman–Crippen MR) is 104 cm³/mol. The minimum atomic E-state index is -3.46. The maximum Gasteiger partial charge on any atom is 0.278 e. The second kappa shape index (κ2) is 6.87. The van der Waals surface area contributed by atoms with Crippen LogP contribution in [0.15, 0.2) is 52.3 Å². The highest BCUT2D eigenvalue weighted by molar-refractivity contribution is 7.91. The van der Waals surface area contributed by atoms with Crippen molar-refractivity contribution >= 4 is 43.5 Å². The topological polar surface area (TPSA) is 96.6 Å². The third-order valence-corrected chi connectivity index (χ3v) is 7.91. The molecule has 1 aliphatic heterocycles. The molecule has 3 heterocycles. The molecule has 140 valence electrons. The lowest BCUT2D eigenvalue weighted by Crippen LogP contribution is -2.48. The fourth-order valence-electron chi connectivity index (χ4n) is 3.30. The first-order valence-electron chi connectivity index (χ1n) is 8.28. The van der Waals surface area contributed by atoms with Crippen LogP contribution < -0.4 is 4.90 Å². The Bertz CT molecular complexity index is 1090. The van der Waals surface area contributed by atoms with E-state index < -0.39 is 14.9 Å². The number of nitro benzene ring substituents is 1. The van der Waals surface area contributed by atoms with Gasteiger partial charge >= 0.3 is 0 Å². The summed E-state index contributed by atoms with van der Waals surface area (Å²) >= 11 is 1.21. The molecule has 1 fully saturated rings. The number of sulfonamides is 1. The van der Waals surface area contributed by atoms with Gasteiger partial charge in [-0.3, -0.25) is 15.1 Å². The zero-order valence-electron chi connectivity index (χ0n) is 14.2. The van der Waals surface area contributed by atoms with Crippen LogP contribution in [0, 0.1) is 10.1 Å². The molecule has 0 N–H and O–H groups in total. The molecule has 0 bridgehead atoms. The molecule has 1 aliphatic rings. The Morgan fingerprint density at radius 2 is 1.85 bits per heavy atom. The van der Waals surface area contributed by atoms with Crippen molar-refractivity contribution in [2.24, 2.45) is 0 Å². The Hall–Kier alpha value is -2.56. The van der Waals surface area contributed by atoms with Crippen LogP contribution in [0.2, 0.25) is 0 Å². The van der Waals surface area contributed by atoms with Crippen LogP contribution in [-0.4, -0.2) is 48.8 Å². The van der Waals surface area contributed by atoms with Crippen LogP contribution in [0.1, 0.15) is 0 Å². The lowest BCUT2D eigenvalue weighted by atomic mass is 10.1. The van der Waals surface area contributed by atoms with Crippen LogP contribution >= 0.6 is 11.3 Å².